The standard InChI is InChI=1S/C26H26NO.C20H11N6.Ir/c1-17(2)19-13-14-27-24(16-19)22-10-6-9-21-23-15-20(18-7-4-3-5-8-18)11-12-25(23)28-26(21)22;1-3-17-11-21-7-5-13(17)9-15(1)19-23-25-20(26-24-19)16-2-4-18-12-22-8-6-14(18)10-16;/h6,9,11-18H,3-5,7-8H2,1-2H3;1-9,11-12H;/q2*-1;. The summed E-state index contributed by atoms with van der Waals surface area (Å²) in [6, 6.07) is 35.5. The van der Waals surface area contributed by atoms with Crippen molar-refractivity contribution in [3.63, 3.8) is 0 Å². The zero-order valence-corrected chi connectivity index (χ0v) is 32.9. The van der Waals surface area contributed by atoms with Gasteiger partial charge in [0.05, 0.1) is 5.58 Å². The Morgan fingerprint density at radius 1 is 0.691 bits per heavy atom. The van der Waals surface area contributed by atoms with Gasteiger partial charge in [-0.15, -0.1) is 58.0 Å². The van der Waals surface area contributed by atoms with E-state index in [0.29, 0.717) is 23.5 Å². The molecule has 0 amide bonds. The minimum Gasteiger partial charge on any atom is -0.501 e. The van der Waals surface area contributed by atoms with Crippen molar-refractivity contribution in [3.8, 4) is 34.0 Å². The predicted octanol–water partition coefficient (Wildman–Crippen LogP) is 11.1. The van der Waals surface area contributed by atoms with Gasteiger partial charge in [0.15, 0.2) is 0 Å². The van der Waals surface area contributed by atoms with Gasteiger partial charge >= 0.3 is 0 Å². The van der Waals surface area contributed by atoms with Gasteiger partial charge in [0.1, 0.15) is 11.4 Å². The smallest absolute Gasteiger partial charge is 0.202 e. The predicted molar refractivity (Wildman–Crippen MR) is 214 cm³/mol. The first-order chi connectivity index (χ1) is 26.6. The SMILES string of the molecule is CC(C)c1ccnc(-c2[c-]ccc3c2oc2ccc(C4CCCCC4)cc23)c1.[Ir].[c-]1c(-c2nnc(-c3ccc4cnccc4c3)nn2)ccc2cnccc12. The summed E-state index contributed by atoms with van der Waals surface area (Å²) < 4.78 is 6.31. The van der Waals surface area contributed by atoms with Crippen LogP contribution in [0.3, 0.4) is 0 Å². The van der Waals surface area contributed by atoms with Gasteiger partial charge in [0.25, 0.3) is 0 Å². The molecule has 9 aromatic rings. The van der Waals surface area contributed by atoms with Crippen molar-refractivity contribution in [2.75, 3.05) is 0 Å². The second-order valence-electron chi connectivity index (χ2n) is 14.2. The van der Waals surface area contributed by atoms with E-state index in [1.807, 2.05) is 60.9 Å². The molecule has 1 saturated carbocycles. The van der Waals surface area contributed by atoms with Crippen LogP contribution in [0.5, 0.6) is 0 Å². The van der Waals surface area contributed by atoms with Gasteiger partial charge in [-0.2, -0.15) is 10.2 Å². The Morgan fingerprint density at radius 3 is 2.31 bits per heavy atom. The van der Waals surface area contributed by atoms with Gasteiger partial charge in [-0.1, -0.05) is 84.8 Å². The number of pyridine rings is 3. The Labute approximate surface area is 332 Å². The second-order valence-corrected chi connectivity index (χ2v) is 14.2. The molecular weight excluding hydrogens is 859 g/mol. The number of rotatable bonds is 5. The third-order valence-corrected chi connectivity index (χ3v) is 10.4. The molecule has 0 bridgehead atoms. The number of furan rings is 1. The third-order valence-electron chi connectivity index (χ3n) is 10.4. The minimum absolute atomic E-state index is 0. The van der Waals surface area contributed by atoms with Gasteiger partial charge in [0, 0.05) is 55.0 Å². The number of hydrogen-bond acceptors (Lipinski definition) is 8. The van der Waals surface area contributed by atoms with Crippen LogP contribution in [0.1, 0.15) is 68.9 Å². The third kappa shape index (κ3) is 7.50. The van der Waals surface area contributed by atoms with Crippen LogP contribution in [-0.2, 0) is 20.1 Å². The molecule has 0 aliphatic heterocycles. The Bertz CT molecular complexity index is 2660. The van der Waals surface area contributed by atoms with E-state index < -0.39 is 0 Å². The van der Waals surface area contributed by atoms with E-state index >= 15 is 0 Å². The number of benzene rings is 4. The van der Waals surface area contributed by atoms with E-state index in [9.17, 15) is 0 Å². The van der Waals surface area contributed by atoms with Crippen molar-refractivity contribution in [3.05, 3.63) is 139 Å². The molecule has 273 valence electrons. The summed E-state index contributed by atoms with van der Waals surface area (Å²) in [5, 5.41) is 23.4. The Kier molecular flexibility index (Phi) is 10.5. The van der Waals surface area contributed by atoms with E-state index in [1.165, 1.54) is 48.6 Å². The van der Waals surface area contributed by atoms with Gasteiger partial charge in [-0.3, -0.25) is 9.97 Å². The second kappa shape index (κ2) is 15.9. The zero-order valence-electron chi connectivity index (χ0n) is 30.5. The van der Waals surface area contributed by atoms with Crippen molar-refractivity contribution in [2.24, 2.45) is 0 Å². The first-order valence-electron chi connectivity index (χ1n) is 18.6. The first-order valence-corrected chi connectivity index (χ1v) is 18.6. The van der Waals surface area contributed by atoms with Crippen molar-refractivity contribution in [1.82, 2.24) is 35.3 Å². The van der Waals surface area contributed by atoms with Crippen LogP contribution >= 0.6 is 0 Å². The summed E-state index contributed by atoms with van der Waals surface area (Å²) >= 11 is 0. The largest absolute Gasteiger partial charge is 0.501 e. The molecule has 5 aromatic heterocycles. The van der Waals surface area contributed by atoms with Crippen LogP contribution in [0.15, 0.2) is 120 Å². The number of aromatic nitrogens is 7. The molecule has 8 nitrogen and oxygen atoms in total. The van der Waals surface area contributed by atoms with Crippen LogP contribution in [0, 0.1) is 12.1 Å². The summed E-state index contributed by atoms with van der Waals surface area (Å²) in [5.41, 5.74) is 8.10. The summed E-state index contributed by atoms with van der Waals surface area (Å²) in [6.45, 7) is 4.41. The van der Waals surface area contributed by atoms with Crippen LogP contribution < -0.4 is 0 Å². The van der Waals surface area contributed by atoms with E-state index in [0.717, 1.165) is 60.5 Å². The summed E-state index contributed by atoms with van der Waals surface area (Å²) in [4.78, 5) is 12.8. The molecule has 0 N–H and O–H groups in total. The molecule has 1 aliphatic carbocycles. The molecule has 5 heterocycles. The van der Waals surface area contributed by atoms with Crippen LogP contribution in [0.25, 0.3) is 77.5 Å². The van der Waals surface area contributed by atoms with Gasteiger partial charge < -0.3 is 9.40 Å². The van der Waals surface area contributed by atoms with E-state index in [2.05, 4.69) is 97.7 Å². The number of hydrogen-bond donors (Lipinski definition) is 0. The molecule has 0 saturated heterocycles. The Hall–Kier alpha value is -5.76. The molecular formula is C46H37IrN7O-2. The van der Waals surface area contributed by atoms with Gasteiger partial charge in [-0.05, 0) is 84.0 Å². The number of nitrogens with zero attached hydrogens (tertiary/aromatic N) is 7. The van der Waals surface area contributed by atoms with Crippen LogP contribution in [0.4, 0.5) is 0 Å². The van der Waals surface area contributed by atoms with Gasteiger partial charge in [-0.25, -0.2) is 0 Å². The zero-order chi connectivity index (χ0) is 36.4. The van der Waals surface area contributed by atoms with E-state index in [1.54, 1.807) is 18.6 Å². The fourth-order valence-corrected chi connectivity index (χ4v) is 7.40. The summed E-state index contributed by atoms with van der Waals surface area (Å²) in [5.74, 6) is 2.09. The molecule has 55 heavy (non-hydrogen) atoms. The average molecular weight is 896 g/mol. The summed E-state index contributed by atoms with van der Waals surface area (Å²) in [6.07, 6.45) is 15.7. The molecule has 9 heteroatoms. The molecule has 1 fully saturated rings. The summed E-state index contributed by atoms with van der Waals surface area (Å²) in [7, 11) is 0. The molecule has 0 atom stereocenters. The maximum absolute atomic E-state index is 6.31. The molecule has 1 radical (unpaired) electrons. The molecule has 1 aliphatic rings. The molecule has 10 rings (SSSR count). The van der Waals surface area contributed by atoms with Gasteiger partial charge in [0.2, 0.25) is 5.82 Å². The van der Waals surface area contributed by atoms with E-state index in [-0.39, 0.29) is 20.1 Å². The van der Waals surface area contributed by atoms with Crippen molar-refractivity contribution in [2.45, 2.75) is 57.8 Å². The van der Waals surface area contributed by atoms with Crippen molar-refractivity contribution >= 4 is 43.5 Å². The fraction of sp³-hybridized carbons (Fsp3) is 0.196. The van der Waals surface area contributed by atoms with Crippen molar-refractivity contribution in [1.29, 1.82) is 0 Å². The molecule has 0 unspecified atom stereocenters. The quantitative estimate of drug-likeness (QED) is 0.157. The van der Waals surface area contributed by atoms with E-state index in [4.69, 9.17) is 4.42 Å². The van der Waals surface area contributed by atoms with Crippen molar-refractivity contribution < 1.29 is 24.5 Å². The van der Waals surface area contributed by atoms with Crippen LogP contribution in [0.2, 0.25) is 0 Å². The average Bonchev–Trinajstić information content (AvgIpc) is 3.62. The monoisotopic (exact) mass is 896 g/mol. The molecule has 0 spiro atoms. The minimum atomic E-state index is 0. The maximum atomic E-state index is 6.31. The Balaban J connectivity index is 0.000000153. The van der Waals surface area contributed by atoms with Crippen LogP contribution in [-0.4, -0.2) is 35.3 Å². The Morgan fingerprint density at radius 2 is 1.47 bits per heavy atom. The maximum Gasteiger partial charge on any atom is 0.202 e. The topological polar surface area (TPSA) is 103 Å². The normalized spacial score (nSPS) is 13.2. The first kappa shape index (κ1) is 36.2. The number of fused-ring (bicyclic) bond motifs is 5. The molecule has 4 aromatic carbocycles. The fourth-order valence-electron chi connectivity index (χ4n) is 7.40.